The van der Waals surface area contributed by atoms with Gasteiger partial charge in [-0.2, -0.15) is 0 Å². The monoisotopic (exact) mass is 292 g/mol. The topological polar surface area (TPSA) is 79.1 Å². The molecule has 1 saturated heterocycles. The van der Waals surface area contributed by atoms with E-state index in [1.165, 1.54) is 19.4 Å². The number of piperidine rings is 1. The number of nitrogens with two attached hydrogens (primary N) is 1. The fraction of sp³-hybridized carbons (Fsp3) is 0.733. The number of hydrogen-bond donors (Lipinski definition) is 3. The fourth-order valence-electron chi connectivity index (χ4n) is 2.79. The molecule has 0 aliphatic carbocycles. The normalized spacial score (nSPS) is 19.8. The smallest absolute Gasteiger partial charge is 0.148 e. The van der Waals surface area contributed by atoms with E-state index in [4.69, 9.17) is 5.84 Å². The van der Waals surface area contributed by atoms with E-state index in [0.29, 0.717) is 11.7 Å². The van der Waals surface area contributed by atoms with Crippen LogP contribution in [-0.4, -0.2) is 41.5 Å². The summed E-state index contributed by atoms with van der Waals surface area (Å²) in [5, 5.41) is 3.50. The van der Waals surface area contributed by atoms with Crippen molar-refractivity contribution < 1.29 is 0 Å². The molecule has 1 aromatic heterocycles. The molecule has 2 rings (SSSR count). The van der Waals surface area contributed by atoms with E-state index in [2.05, 4.69) is 46.5 Å². The maximum Gasteiger partial charge on any atom is 0.148 e. The predicted octanol–water partition coefficient (Wildman–Crippen LogP) is 1.95. The average molecular weight is 292 g/mol. The summed E-state index contributed by atoms with van der Waals surface area (Å²) in [4.78, 5) is 11.5. The summed E-state index contributed by atoms with van der Waals surface area (Å²) in [6.45, 7) is 9.48. The molecule has 118 valence electrons. The zero-order valence-corrected chi connectivity index (χ0v) is 13.6. The minimum atomic E-state index is 0.277. The summed E-state index contributed by atoms with van der Waals surface area (Å²) in [5.74, 6) is 8.94. The molecule has 0 amide bonds. The maximum absolute atomic E-state index is 5.57. The molecule has 0 aromatic carbocycles. The van der Waals surface area contributed by atoms with Crippen LogP contribution in [0.4, 0.5) is 11.6 Å². The number of anilines is 2. The van der Waals surface area contributed by atoms with E-state index in [9.17, 15) is 0 Å². The minimum absolute atomic E-state index is 0.277. The van der Waals surface area contributed by atoms with Crippen LogP contribution in [0.1, 0.15) is 44.0 Å². The standard InChI is InChI=1S/C15H28N6/c1-10(2)13-18-14(11(3)15(19-13)20-16)17-8-12-6-5-7-21(4)9-12/h10,12H,5-9,16H2,1-4H3,(H2,17,18,19,20). The maximum atomic E-state index is 5.57. The molecule has 2 heterocycles. The van der Waals surface area contributed by atoms with Gasteiger partial charge in [0.2, 0.25) is 0 Å². The lowest BCUT2D eigenvalue weighted by molar-refractivity contribution is 0.217. The molecule has 1 aromatic rings. The van der Waals surface area contributed by atoms with E-state index in [1.54, 1.807) is 0 Å². The Morgan fingerprint density at radius 2 is 2.05 bits per heavy atom. The molecule has 4 N–H and O–H groups in total. The first kappa shape index (κ1) is 16.0. The zero-order valence-electron chi connectivity index (χ0n) is 13.6. The highest BCUT2D eigenvalue weighted by Crippen LogP contribution is 2.23. The van der Waals surface area contributed by atoms with Crippen molar-refractivity contribution in [3.63, 3.8) is 0 Å². The number of aromatic nitrogens is 2. The van der Waals surface area contributed by atoms with E-state index in [0.717, 1.165) is 30.3 Å². The highest BCUT2D eigenvalue weighted by atomic mass is 15.3. The van der Waals surface area contributed by atoms with Crippen LogP contribution in [0, 0.1) is 12.8 Å². The molecule has 21 heavy (non-hydrogen) atoms. The molecule has 1 unspecified atom stereocenters. The lowest BCUT2D eigenvalue weighted by atomic mass is 9.98. The second-order valence-electron chi connectivity index (χ2n) is 6.35. The average Bonchev–Trinajstić information content (AvgIpc) is 2.46. The Hall–Kier alpha value is -1.40. The predicted molar refractivity (Wildman–Crippen MR) is 87.4 cm³/mol. The third-order valence-corrected chi connectivity index (χ3v) is 4.10. The van der Waals surface area contributed by atoms with Crippen LogP contribution < -0.4 is 16.6 Å². The quantitative estimate of drug-likeness (QED) is 0.568. The van der Waals surface area contributed by atoms with Crippen LogP contribution in [0.3, 0.4) is 0 Å². The first-order valence-corrected chi connectivity index (χ1v) is 7.78. The van der Waals surface area contributed by atoms with Gasteiger partial charge >= 0.3 is 0 Å². The van der Waals surface area contributed by atoms with Crippen LogP contribution in [0.5, 0.6) is 0 Å². The van der Waals surface area contributed by atoms with Gasteiger partial charge in [-0.25, -0.2) is 15.8 Å². The van der Waals surface area contributed by atoms with Gasteiger partial charge in [-0.3, -0.25) is 0 Å². The van der Waals surface area contributed by atoms with Crippen molar-refractivity contribution >= 4 is 11.6 Å². The van der Waals surface area contributed by atoms with Crippen molar-refractivity contribution in [1.29, 1.82) is 0 Å². The van der Waals surface area contributed by atoms with Crippen molar-refractivity contribution in [2.45, 2.75) is 39.5 Å². The van der Waals surface area contributed by atoms with Crippen LogP contribution in [0.2, 0.25) is 0 Å². The van der Waals surface area contributed by atoms with Gasteiger partial charge in [0.25, 0.3) is 0 Å². The van der Waals surface area contributed by atoms with E-state index < -0.39 is 0 Å². The van der Waals surface area contributed by atoms with Crippen molar-refractivity contribution in [2.75, 3.05) is 37.4 Å². The van der Waals surface area contributed by atoms with Gasteiger partial charge in [0, 0.05) is 24.6 Å². The van der Waals surface area contributed by atoms with Gasteiger partial charge in [0.05, 0.1) is 0 Å². The fourth-order valence-corrected chi connectivity index (χ4v) is 2.79. The second kappa shape index (κ2) is 7.04. The Bertz CT molecular complexity index is 473. The SMILES string of the molecule is Cc1c(NN)nc(C(C)C)nc1NCC1CCCN(C)C1. The minimum Gasteiger partial charge on any atom is -0.369 e. The summed E-state index contributed by atoms with van der Waals surface area (Å²) in [6, 6.07) is 0. The van der Waals surface area contributed by atoms with Crippen LogP contribution in [0.15, 0.2) is 0 Å². The number of hydrogen-bond acceptors (Lipinski definition) is 6. The molecular weight excluding hydrogens is 264 g/mol. The van der Waals surface area contributed by atoms with Crippen molar-refractivity contribution in [3.05, 3.63) is 11.4 Å². The van der Waals surface area contributed by atoms with Gasteiger partial charge in [-0.15, -0.1) is 0 Å². The first-order valence-electron chi connectivity index (χ1n) is 7.78. The van der Waals surface area contributed by atoms with Gasteiger partial charge in [0.1, 0.15) is 17.5 Å². The van der Waals surface area contributed by atoms with E-state index in [1.807, 2.05) is 6.92 Å². The van der Waals surface area contributed by atoms with Crippen molar-refractivity contribution in [3.8, 4) is 0 Å². The number of hydrazine groups is 1. The Balaban J connectivity index is 2.09. The second-order valence-corrected chi connectivity index (χ2v) is 6.35. The summed E-state index contributed by atoms with van der Waals surface area (Å²) >= 11 is 0. The lowest BCUT2D eigenvalue weighted by Gasteiger charge is -2.30. The molecule has 6 heteroatoms. The lowest BCUT2D eigenvalue weighted by Crippen LogP contribution is -2.35. The third kappa shape index (κ3) is 4.04. The number of nitrogens with one attached hydrogen (secondary N) is 2. The third-order valence-electron chi connectivity index (χ3n) is 4.10. The van der Waals surface area contributed by atoms with E-state index >= 15 is 0 Å². The van der Waals surface area contributed by atoms with Gasteiger partial charge in [-0.05, 0) is 39.3 Å². The molecule has 0 bridgehead atoms. The molecular formula is C15H28N6. The summed E-state index contributed by atoms with van der Waals surface area (Å²) in [6.07, 6.45) is 2.55. The summed E-state index contributed by atoms with van der Waals surface area (Å²) < 4.78 is 0. The highest BCUT2D eigenvalue weighted by molar-refractivity contribution is 5.56. The molecule has 0 saturated carbocycles. The Labute approximate surface area is 127 Å². The largest absolute Gasteiger partial charge is 0.369 e. The van der Waals surface area contributed by atoms with Crippen LogP contribution in [-0.2, 0) is 0 Å². The zero-order chi connectivity index (χ0) is 15.4. The van der Waals surface area contributed by atoms with Crippen LogP contribution in [0.25, 0.3) is 0 Å². The Kier molecular flexibility index (Phi) is 5.36. The van der Waals surface area contributed by atoms with Gasteiger partial charge < -0.3 is 15.6 Å². The molecule has 1 fully saturated rings. The number of nitrogens with zero attached hydrogens (tertiary/aromatic N) is 3. The molecule has 1 aliphatic heterocycles. The number of likely N-dealkylation sites (tertiary alicyclic amines) is 1. The van der Waals surface area contributed by atoms with E-state index in [-0.39, 0.29) is 5.92 Å². The summed E-state index contributed by atoms with van der Waals surface area (Å²) in [5.41, 5.74) is 3.65. The molecule has 6 nitrogen and oxygen atoms in total. The number of rotatable bonds is 5. The Morgan fingerprint density at radius 3 is 2.67 bits per heavy atom. The van der Waals surface area contributed by atoms with Gasteiger partial charge in [-0.1, -0.05) is 13.8 Å². The molecule has 0 radical (unpaired) electrons. The molecule has 0 spiro atoms. The van der Waals surface area contributed by atoms with Crippen molar-refractivity contribution in [1.82, 2.24) is 14.9 Å². The highest BCUT2D eigenvalue weighted by Gasteiger charge is 2.18. The van der Waals surface area contributed by atoms with Gasteiger partial charge in [0.15, 0.2) is 0 Å². The van der Waals surface area contributed by atoms with Crippen LogP contribution >= 0.6 is 0 Å². The Morgan fingerprint density at radius 1 is 1.33 bits per heavy atom. The number of nitrogen functional groups attached to an aromatic ring is 1. The molecule has 1 aliphatic rings. The summed E-state index contributed by atoms with van der Waals surface area (Å²) in [7, 11) is 2.19. The first-order chi connectivity index (χ1) is 10.0. The molecule has 1 atom stereocenters. The van der Waals surface area contributed by atoms with Crippen molar-refractivity contribution in [2.24, 2.45) is 11.8 Å².